The highest BCUT2D eigenvalue weighted by Crippen LogP contribution is 2.08. The molecular weight excluding hydrogens is 164 g/mol. The Balaban J connectivity index is 2.88. The minimum Gasteiger partial charge on any atom is -0.392 e. The van der Waals surface area contributed by atoms with Gasteiger partial charge in [0.15, 0.2) is 0 Å². The highest BCUT2D eigenvalue weighted by molar-refractivity contribution is 5.48. The van der Waals surface area contributed by atoms with Crippen LogP contribution in [0.25, 0.3) is 6.08 Å². The Hall–Kier alpha value is -1.09. The third-order valence-electron chi connectivity index (χ3n) is 2.06. The highest BCUT2D eigenvalue weighted by atomic mass is 16.3. The van der Waals surface area contributed by atoms with Crippen LogP contribution in [0, 0.1) is 0 Å². The molecule has 0 aliphatic rings. The quantitative estimate of drug-likeness (QED) is 0.765. The van der Waals surface area contributed by atoms with Crippen molar-refractivity contribution in [3.05, 3.63) is 23.5 Å². The summed E-state index contributed by atoms with van der Waals surface area (Å²) in [5.74, 6) is 0. The maximum Gasteiger partial charge on any atom is 0.0645 e. The van der Waals surface area contributed by atoms with Gasteiger partial charge in [-0.1, -0.05) is 6.92 Å². The van der Waals surface area contributed by atoms with Crippen LogP contribution in [0.3, 0.4) is 0 Å². The third kappa shape index (κ3) is 2.42. The lowest BCUT2D eigenvalue weighted by Gasteiger charge is -2.02. The second-order valence-corrected chi connectivity index (χ2v) is 2.89. The minimum absolute atomic E-state index is 0.130. The summed E-state index contributed by atoms with van der Waals surface area (Å²) in [7, 11) is 0. The Kier molecular flexibility index (Phi) is 3.71. The van der Waals surface area contributed by atoms with E-state index in [-0.39, 0.29) is 6.61 Å². The Morgan fingerprint density at radius 1 is 1.62 bits per heavy atom. The van der Waals surface area contributed by atoms with Crippen LogP contribution in [-0.4, -0.2) is 21.5 Å². The molecule has 0 saturated carbocycles. The molecule has 0 fully saturated rings. The molecular formula is C10H16N2O. The normalized spacial score (nSPS) is 12.1. The van der Waals surface area contributed by atoms with Crippen LogP contribution in [0.2, 0.25) is 0 Å². The number of rotatable bonds is 4. The molecule has 0 saturated heterocycles. The molecule has 0 aliphatic carbocycles. The first kappa shape index (κ1) is 9.99. The summed E-state index contributed by atoms with van der Waals surface area (Å²) in [6.45, 7) is 5.08. The zero-order valence-corrected chi connectivity index (χ0v) is 8.20. The van der Waals surface area contributed by atoms with Gasteiger partial charge in [-0.25, -0.2) is 0 Å². The molecule has 1 aromatic heterocycles. The summed E-state index contributed by atoms with van der Waals surface area (Å²) in [4.78, 5) is 0. The van der Waals surface area contributed by atoms with Crippen molar-refractivity contribution >= 4 is 6.08 Å². The molecule has 0 radical (unpaired) electrons. The van der Waals surface area contributed by atoms with Gasteiger partial charge in [0.05, 0.1) is 12.3 Å². The van der Waals surface area contributed by atoms with Gasteiger partial charge in [0, 0.05) is 12.7 Å². The SMILES string of the molecule is CCC(=Cc1ccnn1CC)CO. The first-order valence-corrected chi connectivity index (χ1v) is 4.63. The van der Waals surface area contributed by atoms with Crippen LogP contribution in [0.4, 0.5) is 0 Å². The summed E-state index contributed by atoms with van der Waals surface area (Å²) in [5, 5.41) is 13.1. The Labute approximate surface area is 78.7 Å². The summed E-state index contributed by atoms with van der Waals surface area (Å²) in [6, 6.07) is 1.95. The van der Waals surface area contributed by atoms with Crippen LogP contribution < -0.4 is 0 Å². The average molecular weight is 180 g/mol. The van der Waals surface area contributed by atoms with E-state index in [4.69, 9.17) is 5.11 Å². The van der Waals surface area contributed by atoms with E-state index in [9.17, 15) is 0 Å². The maximum atomic E-state index is 8.99. The predicted molar refractivity (Wildman–Crippen MR) is 53.3 cm³/mol. The number of aromatic nitrogens is 2. The highest BCUT2D eigenvalue weighted by Gasteiger charge is 1.98. The van der Waals surface area contributed by atoms with Gasteiger partial charge in [0.1, 0.15) is 0 Å². The predicted octanol–water partition coefficient (Wildman–Crippen LogP) is 1.69. The van der Waals surface area contributed by atoms with Gasteiger partial charge < -0.3 is 5.11 Å². The molecule has 3 nitrogen and oxygen atoms in total. The van der Waals surface area contributed by atoms with Crippen molar-refractivity contribution in [2.75, 3.05) is 6.61 Å². The molecule has 0 aromatic carbocycles. The van der Waals surface area contributed by atoms with E-state index in [1.165, 1.54) is 0 Å². The van der Waals surface area contributed by atoms with Gasteiger partial charge in [-0.2, -0.15) is 5.10 Å². The number of aryl methyl sites for hydroxylation is 1. The molecule has 0 spiro atoms. The van der Waals surface area contributed by atoms with Gasteiger partial charge in [-0.05, 0) is 31.1 Å². The Morgan fingerprint density at radius 2 is 2.38 bits per heavy atom. The van der Waals surface area contributed by atoms with Gasteiger partial charge in [0.2, 0.25) is 0 Å². The van der Waals surface area contributed by atoms with Crippen LogP contribution in [-0.2, 0) is 6.54 Å². The first-order valence-electron chi connectivity index (χ1n) is 4.63. The standard InChI is InChI=1S/C10H16N2O/c1-3-9(8-13)7-10-5-6-11-12(10)4-2/h5-7,13H,3-4,8H2,1-2H3. The summed E-state index contributed by atoms with van der Waals surface area (Å²) in [5.41, 5.74) is 2.10. The molecule has 13 heavy (non-hydrogen) atoms. The molecule has 72 valence electrons. The largest absolute Gasteiger partial charge is 0.392 e. The molecule has 1 aromatic rings. The van der Waals surface area contributed by atoms with Crippen molar-refractivity contribution in [1.82, 2.24) is 9.78 Å². The number of aliphatic hydroxyl groups excluding tert-OH is 1. The molecule has 0 atom stereocenters. The number of hydrogen-bond acceptors (Lipinski definition) is 2. The third-order valence-corrected chi connectivity index (χ3v) is 2.06. The van der Waals surface area contributed by atoms with E-state index >= 15 is 0 Å². The van der Waals surface area contributed by atoms with E-state index in [0.29, 0.717) is 0 Å². The van der Waals surface area contributed by atoms with Crippen molar-refractivity contribution in [2.45, 2.75) is 26.8 Å². The summed E-state index contributed by atoms with van der Waals surface area (Å²) < 4.78 is 1.91. The van der Waals surface area contributed by atoms with Crippen molar-refractivity contribution in [3.63, 3.8) is 0 Å². The topological polar surface area (TPSA) is 38.0 Å². The fraction of sp³-hybridized carbons (Fsp3) is 0.500. The van der Waals surface area contributed by atoms with Crippen LogP contribution in [0.1, 0.15) is 26.0 Å². The van der Waals surface area contributed by atoms with E-state index in [1.807, 2.05) is 23.7 Å². The van der Waals surface area contributed by atoms with Gasteiger partial charge in [0.25, 0.3) is 0 Å². The monoisotopic (exact) mass is 180 g/mol. The molecule has 1 rings (SSSR count). The lowest BCUT2D eigenvalue weighted by Crippen LogP contribution is -1.99. The second-order valence-electron chi connectivity index (χ2n) is 2.89. The number of hydrogen-bond donors (Lipinski definition) is 1. The van der Waals surface area contributed by atoms with E-state index in [1.54, 1.807) is 6.20 Å². The molecule has 0 bridgehead atoms. The molecule has 1 heterocycles. The lowest BCUT2D eigenvalue weighted by molar-refractivity contribution is 0.329. The van der Waals surface area contributed by atoms with Gasteiger partial charge >= 0.3 is 0 Å². The molecule has 0 aliphatic heterocycles. The van der Waals surface area contributed by atoms with E-state index < -0.39 is 0 Å². The number of nitrogens with zero attached hydrogens (tertiary/aromatic N) is 2. The fourth-order valence-corrected chi connectivity index (χ4v) is 1.20. The molecule has 1 N–H and O–H groups in total. The zero-order chi connectivity index (χ0) is 9.68. The molecule has 0 unspecified atom stereocenters. The Bertz CT molecular complexity index is 283. The van der Waals surface area contributed by atoms with Crippen molar-refractivity contribution in [3.8, 4) is 0 Å². The summed E-state index contributed by atoms with van der Waals surface area (Å²) in [6.07, 6.45) is 4.65. The summed E-state index contributed by atoms with van der Waals surface area (Å²) >= 11 is 0. The number of aliphatic hydroxyl groups is 1. The van der Waals surface area contributed by atoms with Gasteiger partial charge in [-0.3, -0.25) is 4.68 Å². The maximum absolute atomic E-state index is 8.99. The first-order chi connectivity index (χ1) is 6.31. The van der Waals surface area contributed by atoms with Crippen LogP contribution >= 0.6 is 0 Å². The smallest absolute Gasteiger partial charge is 0.0645 e. The van der Waals surface area contributed by atoms with Crippen LogP contribution in [0.15, 0.2) is 17.8 Å². The molecule has 3 heteroatoms. The molecule has 0 amide bonds. The van der Waals surface area contributed by atoms with E-state index in [0.717, 1.165) is 24.2 Å². The minimum atomic E-state index is 0.130. The van der Waals surface area contributed by atoms with Crippen molar-refractivity contribution < 1.29 is 5.11 Å². The van der Waals surface area contributed by atoms with Crippen LogP contribution in [0.5, 0.6) is 0 Å². The zero-order valence-electron chi connectivity index (χ0n) is 8.20. The fourth-order valence-electron chi connectivity index (χ4n) is 1.20. The van der Waals surface area contributed by atoms with E-state index in [2.05, 4.69) is 12.0 Å². The Morgan fingerprint density at radius 3 is 2.92 bits per heavy atom. The lowest BCUT2D eigenvalue weighted by atomic mass is 10.2. The van der Waals surface area contributed by atoms with Gasteiger partial charge in [-0.15, -0.1) is 0 Å². The average Bonchev–Trinajstić information content (AvgIpc) is 2.61. The second kappa shape index (κ2) is 4.82. The van der Waals surface area contributed by atoms with Crippen molar-refractivity contribution in [1.29, 1.82) is 0 Å². The van der Waals surface area contributed by atoms with Crippen molar-refractivity contribution in [2.24, 2.45) is 0 Å².